The Morgan fingerprint density at radius 2 is 1.86 bits per heavy atom. The van der Waals surface area contributed by atoms with Crippen molar-refractivity contribution >= 4 is 15.9 Å². The van der Waals surface area contributed by atoms with Crippen LogP contribution in [0.3, 0.4) is 0 Å². The van der Waals surface area contributed by atoms with Crippen molar-refractivity contribution in [2.24, 2.45) is 5.84 Å². The third-order valence-corrected chi connectivity index (χ3v) is 3.66. The molecule has 3 N–H and O–H groups in total. The third kappa shape index (κ3) is 3.04. The molecule has 0 saturated heterocycles. The van der Waals surface area contributed by atoms with Gasteiger partial charge in [-0.25, -0.2) is 18.6 Å². The normalized spacial score (nSPS) is 12.3. The van der Waals surface area contributed by atoms with Crippen LogP contribution >= 0.6 is 15.9 Å². The highest BCUT2D eigenvalue weighted by molar-refractivity contribution is 9.10. The number of ether oxygens (including phenoxy) is 1. The van der Waals surface area contributed by atoms with Gasteiger partial charge >= 0.3 is 0 Å². The highest BCUT2D eigenvalue weighted by atomic mass is 79.9. The molecule has 3 nitrogen and oxygen atoms in total. The molecule has 0 aliphatic carbocycles. The summed E-state index contributed by atoms with van der Waals surface area (Å²) in [6, 6.07) is 5.27. The topological polar surface area (TPSA) is 47.3 Å². The molecule has 112 valence electrons. The maximum Gasteiger partial charge on any atom is 0.165 e. The Balaban J connectivity index is 2.55. The predicted molar refractivity (Wildman–Crippen MR) is 76.2 cm³/mol. The van der Waals surface area contributed by atoms with Crippen molar-refractivity contribution in [1.82, 2.24) is 5.43 Å². The molecule has 2 rings (SSSR count). The summed E-state index contributed by atoms with van der Waals surface area (Å²) in [5, 5.41) is 0. The number of hydrogen-bond donors (Lipinski definition) is 2. The van der Waals surface area contributed by atoms with Crippen LogP contribution in [0.1, 0.15) is 17.2 Å². The van der Waals surface area contributed by atoms with Gasteiger partial charge in [0.2, 0.25) is 0 Å². The molecule has 0 aliphatic heterocycles. The number of nitrogens with two attached hydrogens (primary N) is 1. The van der Waals surface area contributed by atoms with Crippen LogP contribution in [0.4, 0.5) is 13.2 Å². The minimum absolute atomic E-state index is 0.0321. The molecule has 0 aliphatic rings. The van der Waals surface area contributed by atoms with E-state index in [9.17, 15) is 13.2 Å². The standard InChI is InChI=1S/C14H12BrF3N2O/c1-21-11-5-2-7(6-10(11)17)14(20-19)12-9(16)4-3-8(15)13(12)18/h2-6,14,20H,19H2,1H3. The SMILES string of the molecule is COc1ccc(C(NN)c2c(F)ccc(Br)c2F)cc1F. The Morgan fingerprint density at radius 1 is 1.14 bits per heavy atom. The second kappa shape index (κ2) is 6.46. The maximum absolute atomic E-state index is 14.1. The average molecular weight is 361 g/mol. The summed E-state index contributed by atoms with van der Waals surface area (Å²) in [4.78, 5) is 0. The number of benzene rings is 2. The lowest BCUT2D eigenvalue weighted by Crippen LogP contribution is -2.30. The van der Waals surface area contributed by atoms with Gasteiger partial charge in [0.25, 0.3) is 0 Å². The summed E-state index contributed by atoms with van der Waals surface area (Å²) >= 11 is 2.98. The van der Waals surface area contributed by atoms with Crippen molar-refractivity contribution in [3.63, 3.8) is 0 Å². The number of methoxy groups -OCH3 is 1. The third-order valence-electron chi connectivity index (χ3n) is 3.04. The molecule has 7 heteroatoms. The molecule has 0 fully saturated rings. The second-order valence-corrected chi connectivity index (χ2v) is 5.10. The monoisotopic (exact) mass is 360 g/mol. The smallest absolute Gasteiger partial charge is 0.165 e. The minimum atomic E-state index is -1.04. The van der Waals surface area contributed by atoms with E-state index in [1.165, 1.54) is 25.3 Å². The fraction of sp³-hybridized carbons (Fsp3) is 0.143. The Morgan fingerprint density at radius 3 is 2.43 bits per heavy atom. The zero-order valence-corrected chi connectivity index (χ0v) is 12.5. The summed E-state index contributed by atoms with van der Waals surface area (Å²) < 4.78 is 46.7. The van der Waals surface area contributed by atoms with Crippen LogP contribution in [0.15, 0.2) is 34.8 Å². The van der Waals surface area contributed by atoms with E-state index in [-0.39, 0.29) is 21.3 Å². The first-order valence-electron chi connectivity index (χ1n) is 5.92. The zero-order chi connectivity index (χ0) is 15.6. The molecule has 2 aromatic carbocycles. The lowest BCUT2D eigenvalue weighted by molar-refractivity contribution is 0.385. The molecular formula is C14H12BrF3N2O. The van der Waals surface area contributed by atoms with Gasteiger partial charge < -0.3 is 4.74 Å². The fourth-order valence-electron chi connectivity index (χ4n) is 2.02. The zero-order valence-electron chi connectivity index (χ0n) is 11.0. The first kappa shape index (κ1) is 15.8. The van der Waals surface area contributed by atoms with Crippen LogP contribution in [0.2, 0.25) is 0 Å². The summed E-state index contributed by atoms with van der Waals surface area (Å²) in [7, 11) is 1.32. The molecular weight excluding hydrogens is 349 g/mol. The van der Waals surface area contributed by atoms with E-state index < -0.39 is 23.5 Å². The lowest BCUT2D eigenvalue weighted by atomic mass is 9.98. The lowest BCUT2D eigenvalue weighted by Gasteiger charge is -2.19. The number of nitrogens with one attached hydrogen (secondary N) is 1. The largest absolute Gasteiger partial charge is 0.494 e. The first-order chi connectivity index (χ1) is 9.99. The van der Waals surface area contributed by atoms with Crippen molar-refractivity contribution in [3.8, 4) is 5.75 Å². The summed E-state index contributed by atoms with van der Waals surface area (Å²) in [5.74, 6) is 3.20. The molecule has 1 unspecified atom stereocenters. The van der Waals surface area contributed by atoms with E-state index in [1.807, 2.05) is 0 Å². The summed E-state index contributed by atoms with van der Waals surface area (Å²) in [6.45, 7) is 0. The quantitative estimate of drug-likeness (QED) is 0.498. The van der Waals surface area contributed by atoms with Crippen LogP contribution in [-0.4, -0.2) is 7.11 Å². The van der Waals surface area contributed by atoms with Crippen LogP contribution in [0.5, 0.6) is 5.75 Å². The van der Waals surface area contributed by atoms with Crippen LogP contribution in [0.25, 0.3) is 0 Å². The van der Waals surface area contributed by atoms with Crippen molar-refractivity contribution in [1.29, 1.82) is 0 Å². The maximum atomic E-state index is 14.1. The van der Waals surface area contributed by atoms with Gasteiger partial charge in [0.1, 0.15) is 11.6 Å². The molecule has 0 heterocycles. The average Bonchev–Trinajstić information content (AvgIpc) is 2.47. The molecule has 21 heavy (non-hydrogen) atoms. The summed E-state index contributed by atoms with van der Waals surface area (Å²) in [5.41, 5.74) is 2.28. The number of hydrazine groups is 1. The van der Waals surface area contributed by atoms with Crippen molar-refractivity contribution < 1.29 is 17.9 Å². The van der Waals surface area contributed by atoms with Gasteiger partial charge in [0, 0.05) is 5.56 Å². The molecule has 0 bridgehead atoms. The molecule has 0 amide bonds. The van der Waals surface area contributed by atoms with E-state index >= 15 is 0 Å². The molecule has 0 radical (unpaired) electrons. The van der Waals surface area contributed by atoms with Gasteiger partial charge in [0.15, 0.2) is 11.6 Å². The fourth-order valence-corrected chi connectivity index (χ4v) is 2.36. The highest BCUT2D eigenvalue weighted by Gasteiger charge is 2.23. The van der Waals surface area contributed by atoms with Crippen LogP contribution < -0.4 is 16.0 Å². The van der Waals surface area contributed by atoms with Crippen LogP contribution in [0, 0.1) is 17.5 Å². The number of halogens is 4. The van der Waals surface area contributed by atoms with Gasteiger partial charge in [-0.15, -0.1) is 0 Å². The van der Waals surface area contributed by atoms with Gasteiger partial charge in [-0.05, 0) is 45.8 Å². The van der Waals surface area contributed by atoms with E-state index in [4.69, 9.17) is 10.6 Å². The molecule has 1 atom stereocenters. The summed E-state index contributed by atoms with van der Waals surface area (Å²) in [6.07, 6.45) is 0. The van der Waals surface area contributed by atoms with Gasteiger partial charge in [-0.1, -0.05) is 6.07 Å². The number of hydrogen-bond acceptors (Lipinski definition) is 3. The van der Waals surface area contributed by atoms with Crippen LogP contribution in [-0.2, 0) is 0 Å². The van der Waals surface area contributed by atoms with Gasteiger partial charge in [0.05, 0.1) is 17.6 Å². The highest BCUT2D eigenvalue weighted by Crippen LogP contribution is 2.31. The molecule has 0 aromatic heterocycles. The van der Waals surface area contributed by atoms with E-state index in [2.05, 4.69) is 21.4 Å². The minimum Gasteiger partial charge on any atom is -0.494 e. The molecule has 0 saturated carbocycles. The Kier molecular flexibility index (Phi) is 4.87. The Bertz CT molecular complexity index is 667. The predicted octanol–water partition coefficient (Wildman–Crippen LogP) is 3.43. The van der Waals surface area contributed by atoms with Crippen molar-refractivity contribution in [3.05, 3.63) is 63.4 Å². The Labute approximate surface area is 128 Å². The van der Waals surface area contributed by atoms with Crippen molar-refractivity contribution in [2.75, 3.05) is 7.11 Å². The molecule has 0 spiro atoms. The van der Waals surface area contributed by atoms with Crippen molar-refractivity contribution in [2.45, 2.75) is 6.04 Å². The second-order valence-electron chi connectivity index (χ2n) is 4.25. The first-order valence-corrected chi connectivity index (χ1v) is 6.71. The van der Waals surface area contributed by atoms with Gasteiger partial charge in [-0.3, -0.25) is 5.84 Å². The Hall–Kier alpha value is -1.57. The van der Waals surface area contributed by atoms with E-state index in [0.717, 1.165) is 12.1 Å². The van der Waals surface area contributed by atoms with E-state index in [0.29, 0.717) is 0 Å². The van der Waals surface area contributed by atoms with Gasteiger partial charge in [-0.2, -0.15) is 0 Å². The van der Waals surface area contributed by atoms with E-state index in [1.54, 1.807) is 0 Å². The molecule has 2 aromatic rings. The number of rotatable bonds is 4.